The molecule has 0 spiro atoms. The van der Waals surface area contributed by atoms with Gasteiger partial charge in [-0.2, -0.15) is 0 Å². The number of benzene rings is 1. The molecular formula is C15H21N3O3. The molecule has 1 saturated carbocycles. The average Bonchev–Trinajstić information content (AvgIpc) is 3.29. The number of nitrogens with zero attached hydrogens (tertiary/aromatic N) is 1. The molecule has 1 amide bonds. The lowest BCUT2D eigenvalue weighted by Gasteiger charge is -2.12. The summed E-state index contributed by atoms with van der Waals surface area (Å²) in [5, 5.41) is 16.8. The topological polar surface area (TPSA) is 84.3 Å². The highest BCUT2D eigenvalue weighted by Crippen LogP contribution is 2.36. The number of rotatable bonds is 7. The third-order valence-corrected chi connectivity index (χ3v) is 3.83. The SMILES string of the molecule is CCNc1cc(C(=O)NCC(C)C2CC2)ccc1[N+](=O)[O-]. The van der Waals surface area contributed by atoms with Crippen molar-refractivity contribution in [2.24, 2.45) is 11.8 Å². The van der Waals surface area contributed by atoms with E-state index in [0.717, 1.165) is 5.92 Å². The number of carbonyl (C=O) groups is 1. The van der Waals surface area contributed by atoms with Crippen LogP contribution in [0.15, 0.2) is 18.2 Å². The van der Waals surface area contributed by atoms with Crippen molar-refractivity contribution in [2.45, 2.75) is 26.7 Å². The largest absolute Gasteiger partial charge is 0.380 e. The second-order valence-corrected chi connectivity index (χ2v) is 5.54. The Morgan fingerprint density at radius 2 is 2.19 bits per heavy atom. The van der Waals surface area contributed by atoms with Crippen LogP contribution in [0.2, 0.25) is 0 Å². The second kappa shape index (κ2) is 6.56. The molecule has 2 N–H and O–H groups in total. The van der Waals surface area contributed by atoms with Gasteiger partial charge in [0.2, 0.25) is 0 Å². The molecule has 0 radical (unpaired) electrons. The highest BCUT2D eigenvalue weighted by Gasteiger charge is 2.28. The van der Waals surface area contributed by atoms with Gasteiger partial charge in [0, 0.05) is 24.7 Å². The van der Waals surface area contributed by atoms with Crippen molar-refractivity contribution < 1.29 is 9.72 Å². The van der Waals surface area contributed by atoms with Crippen LogP contribution in [0.5, 0.6) is 0 Å². The van der Waals surface area contributed by atoms with Crippen molar-refractivity contribution in [1.82, 2.24) is 5.32 Å². The Labute approximate surface area is 124 Å². The number of nitrogens with one attached hydrogen (secondary N) is 2. The van der Waals surface area contributed by atoms with Crippen LogP contribution in [0.3, 0.4) is 0 Å². The fourth-order valence-electron chi connectivity index (χ4n) is 2.36. The first-order valence-corrected chi connectivity index (χ1v) is 7.33. The van der Waals surface area contributed by atoms with Crippen molar-refractivity contribution in [3.63, 3.8) is 0 Å². The van der Waals surface area contributed by atoms with Crippen LogP contribution in [0, 0.1) is 22.0 Å². The first-order chi connectivity index (χ1) is 10.0. The molecule has 21 heavy (non-hydrogen) atoms. The Bertz CT molecular complexity index is 541. The fourth-order valence-corrected chi connectivity index (χ4v) is 2.36. The van der Waals surface area contributed by atoms with Gasteiger partial charge in [-0.1, -0.05) is 6.92 Å². The summed E-state index contributed by atoms with van der Waals surface area (Å²) in [7, 11) is 0. The molecular weight excluding hydrogens is 270 g/mol. The minimum atomic E-state index is -0.450. The van der Waals surface area contributed by atoms with E-state index in [1.165, 1.54) is 25.0 Å². The van der Waals surface area contributed by atoms with Crippen molar-refractivity contribution in [2.75, 3.05) is 18.4 Å². The summed E-state index contributed by atoms with van der Waals surface area (Å²) >= 11 is 0. The predicted molar refractivity (Wildman–Crippen MR) is 81.5 cm³/mol. The van der Waals surface area contributed by atoms with Gasteiger partial charge in [0.1, 0.15) is 5.69 Å². The summed E-state index contributed by atoms with van der Waals surface area (Å²) in [6, 6.07) is 4.41. The van der Waals surface area contributed by atoms with E-state index in [9.17, 15) is 14.9 Å². The molecule has 1 aromatic carbocycles. The molecule has 1 aliphatic carbocycles. The monoisotopic (exact) mass is 291 g/mol. The van der Waals surface area contributed by atoms with Crippen molar-refractivity contribution in [3.05, 3.63) is 33.9 Å². The lowest BCUT2D eigenvalue weighted by Crippen LogP contribution is -2.29. The van der Waals surface area contributed by atoms with Gasteiger partial charge < -0.3 is 10.6 Å². The smallest absolute Gasteiger partial charge is 0.292 e. The van der Waals surface area contributed by atoms with Crippen LogP contribution in [0.1, 0.15) is 37.0 Å². The molecule has 1 aromatic rings. The highest BCUT2D eigenvalue weighted by atomic mass is 16.6. The fraction of sp³-hybridized carbons (Fsp3) is 0.533. The van der Waals surface area contributed by atoms with Gasteiger partial charge in [-0.05, 0) is 43.7 Å². The lowest BCUT2D eigenvalue weighted by molar-refractivity contribution is -0.384. The van der Waals surface area contributed by atoms with Crippen LogP contribution in [0.25, 0.3) is 0 Å². The summed E-state index contributed by atoms with van der Waals surface area (Å²) in [4.78, 5) is 22.6. The number of carbonyl (C=O) groups excluding carboxylic acids is 1. The Balaban J connectivity index is 2.05. The van der Waals surface area contributed by atoms with E-state index in [-0.39, 0.29) is 11.6 Å². The molecule has 0 saturated heterocycles. The second-order valence-electron chi connectivity index (χ2n) is 5.54. The van der Waals surface area contributed by atoms with Crippen LogP contribution in [-0.4, -0.2) is 23.9 Å². The van der Waals surface area contributed by atoms with E-state index in [1.54, 1.807) is 6.07 Å². The molecule has 0 aliphatic heterocycles. The van der Waals surface area contributed by atoms with Crippen molar-refractivity contribution >= 4 is 17.3 Å². The van der Waals surface area contributed by atoms with E-state index in [2.05, 4.69) is 17.6 Å². The number of anilines is 1. The maximum absolute atomic E-state index is 12.1. The van der Waals surface area contributed by atoms with Crippen LogP contribution >= 0.6 is 0 Å². The summed E-state index contributed by atoms with van der Waals surface area (Å²) < 4.78 is 0. The minimum absolute atomic E-state index is 0.0141. The maximum atomic E-state index is 12.1. The van der Waals surface area contributed by atoms with Gasteiger partial charge in [-0.15, -0.1) is 0 Å². The zero-order valence-corrected chi connectivity index (χ0v) is 12.4. The molecule has 1 aliphatic rings. The third-order valence-electron chi connectivity index (χ3n) is 3.83. The van der Waals surface area contributed by atoms with E-state index >= 15 is 0 Å². The van der Waals surface area contributed by atoms with Crippen LogP contribution < -0.4 is 10.6 Å². The molecule has 0 heterocycles. The van der Waals surface area contributed by atoms with Crippen LogP contribution in [-0.2, 0) is 0 Å². The van der Waals surface area contributed by atoms with Crippen molar-refractivity contribution in [1.29, 1.82) is 0 Å². The zero-order chi connectivity index (χ0) is 15.4. The molecule has 1 unspecified atom stereocenters. The molecule has 0 bridgehead atoms. The van der Waals surface area contributed by atoms with Gasteiger partial charge >= 0.3 is 0 Å². The number of nitro groups is 1. The van der Waals surface area contributed by atoms with Gasteiger partial charge in [-0.25, -0.2) is 0 Å². The van der Waals surface area contributed by atoms with Crippen molar-refractivity contribution in [3.8, 4) is 0 Å². The molecule has 2 rings (SSSR count). The number of hydrogen-bond acceptors (Lipinski definition) is 4. The molecule has 114 valence electrons. The molecule has 6 nitrogen and oxygen atoms in total. The third kappa shape index (κ3) is 3.93. The Hall–Kier alpha value is -2.11. The standard InChI is InChI=1S/C15H21N3O3/c1-3-16-13-8-12(6-7-14(13)18(20)21)15(19)17-9-10(2)11-4-5-11/h6-8,10-11,16H,3-5,9H2,1-2H3,(H,17,19). The highest BCUT2D eigenvalue weighted by molar-refractivity contribution is 5.95. The van der Waals surface area contributed by atoms with Gasteiger partial charge in [0.25, 0.3) is 11.6 Å². The number of amides is 1. The van der Waals surface area contributed by atoms with E-state index in [1.807, 2.05) is 6.92 Å². The summed E-state index contributed by atoms with van der Waals surface area (Å²) in [5.74, 6) is 1.04. The normalized spacial score (nSPS) is 15.3. The lowest BCUT2D eigenvalue weighted by atomic mass is 10.1. The van der Waals surface area contributed by atoms with Gasteiger partial charge in [0.05, 0.1) is 4.92 Å². The van der Waals surface area contributed by atoms with E-state index in [0.29, 0.717) is 30.3 Å². The summed E-state index contributed by atoms with van der Waals surface area (Å²) in [6.07, 6.45) is 2.50. The quantitative estimate of drug-likeness (QED) is 0.597. The minimum Gasteiger partial charge on any atom is -0.380 e. The molecule has 1 fully saturated rings. The van der Waals surface area contributed by atoms with Gasteiger partial charge in [0.15, 0.2) is 0 Å². The molecule has 6 heteroatoms. The van der Waals surface area contributed by atoms with E-state index in [4.69, 9.17) is 0 Å². The maximum Gasteiger partial charge on any atom is 0.292 e. The Kier molecular flexibility index (Phi) is 4.77. The molecule has 0 aromatic heterocycles. The van der Waals surface area contributed by atoms with Gasteiger partial charge in [-0.3, -0.25) is 14.9 Å². The number of hydrogen-bond donors (Lipinski definition) is 2. The first-order valence-electron chi connectivity index (χ1n) is 7.33. The first kappa shape index (κ1) is 15.3. The Morgan fingerprint density at radius 3 is 2.76 bits per heavy atom. The zero-order valence-electron chi connectivity index (χ0n) is 12.4. The average molecular weight is 291 g/mol. The Morgan fingerprint density at radius 1 is 1.48 bits per heavy atom. The molecule has 1 atom stereocenters. The van der Waals surface area contributed by atoms with Crippen LogP contribution in [0.4, 0.5) is 11.4 Å². The summed E-state index contributed by atoms with van der Waals surface area (Å²) in [5.41, 5.74) is 0.810. The predicted octanol–water partition coefficient (Wildman–Crippen LogP) is 2.80. The number of nitro benzene ring substituents is 1. The summed E-state index contributed by atoms with van der Waals surface area (Å²) in [6.45, 7) is 5.20. The van der Waals surface area contributed by atoms with E-state index < -0.39 is 4.92 Å².